The zero-order valence-corrected chi connectivity index (χ0v) is 15.2. The lowest BCUT2D eigenvalue weighted by atomic mass is 10.1. The van der Waals surface area contributed by atoms with Gasteiger partial charge in [0.25, 0.3) is 0 Å². The summed E-state index contributed by atoms with van der Waals surface area (Å²) in [7, 11) is 2.04. The van der Waals surface area contributed by atoms with Crippen LogP contribution in [0.5, 0.6) is 0 Å². The summed E-state index contributed by atoms with van der Waals surface area (Å²) < 4.78 is 16.3. The van der Waals surface area contributed by atoms with Gasteiger partial charge in [-0.05, 0) is 42.9 Å². The van der Waals surface area contributed by atoms with E-state index >= 15 is 0 Å². The van der Waals surface area contributed by atoms with E-state index in [1.54, 1.807) is 18.2 Å². The van der Waals surface area contributed by atoms with Gasteiger partial charge in [-0.1, -0.05) is 35.3 Å². The Hall–Kier alpha value is -1.88. The standard InChI is InChI=1S/C19H16Cl2FN3/c1-24-10-16-18(11-24)23-25(9-12-6-13(20)8-14(21)7-12)19(16)15-4-2-3-5-17(15)22/h2-8H,9-11H2,1H3. The average Bonchev–Trinajstić information content (AvgIpc) is 3.02. The summed E-state index contributed by atoms with van der Waals surface area (Å²) >= 11 is 12.2. The van der Waals surface area contributed by atoms with E-state index in [0.29, 0.717) is 22.2 Å². The fourth-order valence-electron chi connectivity index (χ4n) is 3.37. The molecule has 6 heteroatoms. The number of aromatic nitrogens is 2. The molecule has 1 aliphatic heterocycles. The minimum atomic E-state index is -0.245. The topological polar surface area (TPSA) is 21.1 Å². The van der Waals surface area contributed by atoms with Crippen LogP contribution in [0.3, 0.4) is 0 Å². The molecule has 0 atom stereocenters. The van der Waals surface area contributed by atoms with Gasteiger partial charge in [-0.15, -0.1) is 0 Å². The second-order valence-corrected chi connectivity index (χ2v) is 7.23. The van der Waals surface area contributed by atoms with Gasteiger partial charge in [-0.2, -0.15) is 5.10 Å². The number of fused-ring (bicyclic) bond motifs is 1. The molecule has 0 bridgehead atoms. The van der Waals surface area contributed by atoms with Gasteiger partial charge in [0, 0.05) is 34.3 Å². The molecule has 2 aromatic carbocycles. The van der Waals surface area contributed by atoms with Crippen molar-refractivity contribution in [2.24, 2.45) is 0 Å². The van der Waals surface area contributed by atoms with Crippen molar-refractivity contribution in [2.45, 2.75) is 19.6 Å². The molecule has 0 amide bonds. The fraction of sp³-hybridized carbons (Fsp3) is 0.211. The second kappa shape index (κ2) is 6.45. The Bertz CT molecular complexity index is 932. The Morgan fingerprint density at radius 2 is 1.80 bits per heavy atom. The van der Waals surface area contributed by atoms with Gasteiger partial charge < -0.3 is 0 Å². The van der Waals surface area contributed by atoms with Crippen LogP contribution in [0.25, 0.3) is 11.3 Å². The second-order valence-electron chi connectivity index (χ2n) is 6.36. The normalized spacial score (nSPS) is 14.1. The van der Waals surface area contributed by atoms with Crippen LogP contribution < -0.4 is 0 Å². The molecule has 2 heterocycles. The van der Waals surface area contributed by atoms with E-state index in [4.69, 9.17) is 28.3 Å². The summed E-state index contributed by atoms with van der Waals surface area (Å²) in [6.45, 7) is 2.01. The van der Waals surface area contributed by atoms with Crippen LogP contribution in [0.1, 0.15) is 16.8 Å². The maximum absolute atomic E-state index is 14.5. The molecular weight excluding hydrogens is 360 g/mol. The van der Waals surface area contributed by atoms with Crippen molar-refractivity contribution in [1.82, 2.24) is 14.7 Å². The van der Waals surface area contributed by atoms with Gasteiger partial charge in [0.15, 0.2) is 0 Å². The first-order chi connectivity index (χ1) is 12.0. The van der Waals surface area contributed by atoms with Crippen molar-refractivity contribution < 1.29 is 4.39 Å². The highest BCUT2D eigenvalue weighted by molar-refractivity contribution is 6.34. The molecule has 1 aromatic heterocycles. The van der Waals surface area contributed by atoms with Gasteiger partial charge in [0.2, 0.25) is 0 Å². The number of hydrogen-bond donors (Lipinski definition) is 0. The zero-order chi connectivity index (χ0) is 17.6. The molecule has 3 aromatic rings. The molecule has 4 rings (SSSR count). The molecule has 0 fully saturated rings. The van der Waals surface area contributed by atoms with Crippen LogP contribution in [0, 0.1) is 5.82 Å². The smallest absolute Gasteiger partial charge is 0.132 e. The minimum absolute atomic E-state index is 0.245. The number of benzene rings is 2. The molecule has 0 unspecified atom stereocenters. The number of rotatable bonds is 3. The summed E-state index contributed by atoms with van der Waals surface area (Å²) in [5.74, 6) is -0.245. The number of halogens is 3. The molecular formula is C19H16Cl2FN3. The first-order valence-electron chi connectivity index (χ1n) is 7.98. The quantitative estimate of drug-likeness (QED) is 0.642. The molecule has 3 nitrogen and oxygen atoms in total. The van der Waals surface area contributed by atoms with Gasteiger partial charge >= 0.3 is 0 Å². The third-order valence-electron chi connectivity index (χ3n) is 4.37. The van der Waals surface area contributed by atoms with Crippen molar-refractivity contribution in [3.63, 3.8) is 0 Å². The van der Waals surface area contributed by atoms with E-state index in [9.17, 15) is 4.39 Å². The van der Waals surface area contributed by atoms with Gasteiger partial charge in [-0.3, -0.25) is 9.58 Å². The summed E-state index contributed by atoms with van der Waals surface area (Å²) in [5, 5.41) is 5.89. The van der Waals surface area contributed by atoms with Crippen LogP contribution >= 0.6 is 23.2 Å². The Labute approximate surface area is 155 Å². The molecule has 0 saturated heterocycles. The van der Waals surface area contributed by atoms with Crippen LogP contribution in [0.15, 0.2) is 42.5 Å². The minimum Gasteiger partial charge on any atom is -0.296 e. The zero-order valence-electron chi connectivity index (χ0n) is 13.6. The first-order valence-corrected chi connectivity index (χ1v) is 8.74. The lowest BCUT2D eigenvalue weighted by Crippen LogP contribution is -2.13. The maximum atomic E-state index is 14.5. The highest BCUT2D eigenvalue weighted by atomic mass is 35.5. The lowest BCUT2D eigenvalue weighted by molar-refractivity contribution is 0.346. The van der Waals surface area contributed by atoms with Crippen LogP contribution in [0.2, 0.25) is 10.0 Å². The Kier molecular flexibility index (Phi) is 4.28. The lowest BCUT2D eigenvalue weighted by Gasteiger charge is -2.13. The molecule has 25 heavy (non-hydrogen) atoms. The molecule has 0 N–H and O–H groups in total. The van der Waals surface area contributed by atoms with Crippen molar-refractivity contribution in [3.05, 3.63) is 75.1 Å². The summed E-state index contributed by atoms with van der Waals surface area (Å²) in [5.41, 5.74) is 4.41. The van der Waals surface area contributed by atoms with E-state index < -0.39 is 0 Å². The molecule has 1 aliphatic rings. The largest absolute Gasteiger partial charge is 0.296 e. The average molecular weight is 376 g/mol. The molecule has 0 radical (unpaired) electrons. The maximum Gasteiger partial charge on any atom is 0.132 e. The van der Waals surface area contributed by atoms with E-state index in [0.717, 1.165) is 35.6 Å². The Balaban J connectivity index is 1.83. The van der Waals surface area contributed by atoms with Gasteiger partial charge in [-0.25, -0.2) is 4.39 Å². The number of nitrogens with zero attached hydrogens (tertiary/aromatic N) is 3. The van der Waals surface area contributed by atoms with E-state index in [1.165, 1.54) is 6.07 Å². The van der Waals surface area contributed by atoms with E-state index in [-0.39, 0.29) is 5.82 Å². The molecule has 0 spiro atoms. The number of hydrogen-bond acceptors (Lipinski definition) is 2. The van der Waals surface area contributed by atoms with Crippen LogP contribution in [-0.2, 0) is 19.6 Å². The van der Waals surface area contributed by atoms with Gasteiger partial charge in [0.05, 0.1) is 17.9 Å². The Morgan fingerprint density at radius 1 is 1.08 bits per heavy atom. The molecule has 128 valence electrons. The molecule has 0 saturated carbocycles. The van der Waals surface area contributed by atoms with Crippen molar-refractivity contribution in [2.75, 3.05) is 7.05 Å². The third kappa shape index (κ3) is 3.17. The Morgan fingerprint density at radius 3 is 2.52 bits per heavy atom. The van der Waals surface area contributed by atoms with Crippen molar-refractivity contribution >= 4 is 23.2 Å². The predicted molar refractivity (Wildman–Crippen MR) is 98.4 cm³/mol. The summed E-state index contributed by atoms with van der Waals surface area (Å²) in [6, 6.07) is 12.2. The molecule has 0 aliphatic carbocycles. The van der Waals surface area contributed by atoms with Crippen LogP contribution in [-0.4, -0.2) is 21.7 Å². The summed E-state index contributed by atoms with van der Waals surface area (Å²) in [6.07, 6.45) is 0. The SMILES string of the molecule is CN1Cc2nn(Cc3cc(Cl)cc(Cl)c3)c(-c3ccccc3F)c2C1. The van der Waals surface area contributed by atoms with E-state index in [1.807, 2.05) is 29.9 Å². The van der Waals surface area contributed by atoms with Crippen molar-refractivity contribution in [1.29, 1.82) is 0 Å². The fourth-order valence-corrected chi connectivity index (χ4v) is 3.94. The van der Waals surface area contributed by atoms with Crippen molar-refractivity contribution in [3.8, 4) is 11.3 Å². The highest BCUT2D eigenvalue weighted by Gasteiger charge is 2.27. The third-order valence-corrected chi connectivity index (χ3v) is 4.80. The first kappa shape index (κ1) is 16.6. The summed E-state index contributed by atoms with van der Waals surface area (Å²) in [4.78, 5) is 2.17. The highest BCUT2D eigenvalue weighted by Crippen LogP contribution is 2.34. The van der Waals surface area contributed by atoms with E-state index in [2.05, 4.69) is 4.90 Å². The van der Waals surface area contributed by atoms with Gasteiger partial charge in [0.1, 0.15) is 5.82 Å². The van der Waals surface area contributed by atoms with Crippen LogP contribution in [0.4, 0.5) is 4.39 Å². The predicted octanol–water partition coefficient (Wildman–Crippen LogP) is 4.99. The monoisotopic (exact) mass is 375 g/mol.